The number of carbonyl (C=O) groups excluding carboxylic acids is 4. The number of piperazine rings is 1. The molecule has 1 saturated heterocycles. The van der Waals surface area contributed by atoms with Gasteiger partial charge in [-0.3, -0.25) is 33.5 Å². The number of anilines is 2. The number of hydrogen-bond donors (Lipinski definition) is 4. The van der Waals surface area contributed by atoms with Crippen LogP contribution in [-0.4, -0.2) is 155 Å². The number of hydrogen-bond acceptors (Lipinski definition) is 14. The lowest BCUT2D eigenvalue weighted by atomic mass is 10.0. The number of nitrogens with zero attached hydrogens (tertiary/aromatic N) is 5. The largest absolute Gasteiger partial charge is 0.418 e. The van der Waals surface area contributed by atoms with Gasteiger partial charge in [0.25, 0.3) is 5.56 Å². The van der Waals surface area contributed by atoms with Crippen LogP contribution in [-0.2, 0) is 49.0 Å². The molecule has 2 aromatic carbocycles. The number of alkyl halides is 3. The minimum absolute atomic E-state index is 0.0212. The van der Waals surface area contributed by atoms with Gasteiger partial charge in [-0.25, -0.2) is 4.98 Å². The Morgan fingerprint density at radius 3 is 1.94 bits per heavy atom. The van der Waals surface area contributed by atoms with Crippen LogP contribution in [0, 0.1) is 0 Å². The van der Waals surface area contributed by atoms with Crippen molar-refractivity contribution in [3.63, 3.8) is 0 Å². The summed E-state index contributed by atoms with van der Waals surface area (Å²) in [5, 5.41) is 9.01. The van der Waals surface area contributed by atoms with Gasteiger partial charge in [-0.1, -0.05) is 6.07 Å². The lowest BCUT2D eigenvalue weighted by Crippen LogP contribution is -2.49. The first kappa shape index (κ1) is 52.6. The zero-order chi connectivity index (χ0) is 49.9. The molecule has 0 bridgehead atoms. The van der Waals surface area contributed by atoms with Crippen molar-refractivity contribution >= 4 is 56.9 Å². The van der Waals surface area contributed by atoms with Crippen LogP contribution >= 0.6 is 0 Å². The van der Waals surface area contributed by atoms with Crippen molar-refractivity contribution in [1.29, 1.82) is 0 Å². The first-order valence-electron chi connectivity index (χ1n) is 22.8. The van der Waals surface area contributed by atoms with Crippen LogP contribution in [0.5, 0.6) is 0 Å². The highest BCUT2D eigenvalue weighted by Crippen LogP contribution is 2.39. The van der Waals surface area contributed by atoms with Crippen LogP contribution in [0.1, 0.15) is 24.8 Å². The Labute approximate surface area is 401 Å². The van der Waals surface area contributed by atoms with Gasteiger partial charge in [0.05, 0.1) is 81.6 Å². The van der Waals surface area contributed by atoms with Gasteiger partial charge in [-0.05, 0) is 54.1 Å². The van der Waals surface area contributed by atoms with Gasteiger partial charge in [0.1, 0.15) is 12.4 Å². The number of methoxy groups -OCH3 is 1. The maximum Gasteiger partial charge on any atom is 0.418 e. The van der Waals surface area contributed by atoms with Crippen molar-refractivity contribution in [3.05, 3.63) is 89.0 Å². The van der Waals surface area contributed by atoms with Gasteiger partial charge in [-0.15, -0.1) is 0 Å². The highest BCUT2D eigenvalue weighted by Gasteiger charge is 2.36. The van der Waals surface area contributed by atoms with E-state index < -0.39 is 17.3 Å². The van der Waals surface area contributed by atoms with E-state index in [0.29, 0.717) is 54.1 Å². The van der Waals surface area contributed by atoms with E-state index in [1.165, 1.54) is 29.9 Å². The van der Waals surface area contributed by atoms with E-state index in [4.69, 9.17) is 29.4 Å². The lowest BCUT2D eigenvalue weighted by Gasteiger charge is -2.37. The zero-order valence-corrected chi connectivity index (χ0v) is 38.9. The van der Waals surface area contributed by atoms with E-state index in [2.05, 4.69) is 25.9 Å². The molecule has 0 spiro atoms. The molecular formula is C48H58F3N9O10. The van der Waals surface area contributed by atoms with Gasteiger partial charge in [0, 0.05) is 106 Å². The third kappa shape index (κ3) is 15.4. The normalized spacial score (nSPS) is 12.9. The summed E-state index contributed by atoms with van der Waals surface area (Å²) in [4.78, 5) is 73.5. The fraction of sp³-hybridized carbons (Fsp3) is 0.438. The summed E-state index contributed by atoms with van der Waals surface area (Å²) in [7, 11) is 1.41. The van der Waals surface area contributed by atoms with E-state index in [1.54, 1.807) is 46.5 Å². The average Bonchev–Trinajstić information content (AvgIpc) is 3.35. The number of carbonyl (C=O) groups is 4. The number of halogens is 3. The van der Waals surface area contributed by atoms with Gasteiger partial charge in [-0.2, -0.15) is 13.2 Å². The monoisotopic (exact) mass is 977 g/mol. The molecule has 376 valence electrons. The number of pyridine rings is 3. The molecular weight excluding hydrogens is 920 g/mol. The van der Waals surface area contributed by atoms with Crippen molar-refractivity contribution in [1.82, 2.24) is 35.4 Å². The van der Waals surface area contributed by atoms with Crippen LogP contribution in [0.15, 0.2) is 77.9 Å². The van der Waals surface area contributed by atoms with Crippen molar-refractivity contribution in [2.75, 3.05) is 123 Å². The van der Waals surface area contributed by atoms with Crippen LogP contribution in [0.3, 0.4) is 0 Å². The average molecular weight is 978 g/mol. The summed E-state index contributed by atoms with van der Waals surface area (Å²) in [5.41, 5.74) is 6.87. The Kier molecular flexibility index (Phi) is 19.8. The summed E-state index contributed by atoms with van der Waals surface area (Å²) in [6, 6.07) is 15.7. The molecule has 0 radical (unpaired) electrons. The highest BCUT2D eigenvalue weighted by atomic mass is 19.4. The quantitative estimate of drug-likeness (QED) is 0.0461. The summed E-state index contributed by atoms with van der Waals surface area (Å²) < 4.78 is 72.5. The van der Waals surface area contributed by atoms with Gasteiger partial charge in [0.2, 0.25) is 23.6 Å². The van der Waals surface area contributed by atoms with Crippen LogP contribution in [0.4, 0.5) is 24.7 Å². The molecule has 6 rings (SSSR count). The Hall–Kier alpha value is -6.72. The Morgan fingerprint density at radius 2 is 1.30 bits per heavy atom. The standard InChI is InChI=1S/C48H58F3N9O10/c1-66-32-44(63)54-14-13-53-42(61)9-10-43(62)55-15-21-68-23-25-70-27-26-69-24-22-67-20-12-45(64)59-18-16-58(17-19-59)40-7-5-36(29-38(40)48(49,50)51)60-46(65)11-4-35-31-56-39-6-2-33(28-37(39)47(35)60)34-3-8-41(52)57-30-34/h2-8,11,28-31H,9-10,12-27,32H2,1H3,(H2,52,57)(H,53,61)(H,54,63)(H,55,62). The van der Waals surface area contributed by atoms with E-state index in [9.17, 15) is 37.1 Å². The minimum atomic E-state index is -4.75. The highest BCUT2D eigenvalue weighted by molar-refractivity contribution is 6.05. The van der Waals surface area contributed by atoms with E-state index >= 15 is 0 Å². The molecule has 4 amide bonds. The number of benzene rings is 2. The third-order valence-corrected chi connectivity index (χ3v) is 11.1. The maximum absolute atomic E-state index is 14.8. The molecule has 5 aromatic rings. The number of rotatable bonds is 26. The SMILES string of the molecule is COCC(=O)NCCNC(=O)CCC(=O)NCCOCCOCCOCCOCCC(=O)N1CCN(c2ccc(-n3c(=O)ccc4cnc5ccc(-c6ccc(N)nc6)cc5c43)cc2C(F)(F)F)CC1. The number of ether oxygens (including phenoxy) is 5. The first-order valence-corrected chi connectivity index (χ1v) is 22.8. The predicted molar refractivity (Wildman–Crippen MR) is 254 cm³/mol. The fourth-order valence-electron chi connectivity index (χ4n) is 7.62. The molecule has 4 heterocycles. The first-order chi connectivity index (χ1) is 33.8. The molecule has 3 aromatic heterocycles. The second-order valence-electron chi connectivity index (χ2n) is 16.0. The predicted octanol–water partition coefficient (Wildman–Crippen LogP) is 3.08. The maximum atomic E-state index is 14.8. The Bertz CT molecular complexity index is 2610. The minimum Gasteiger partial charge on any atom is -0.384 e. The van der Waals surface area contributed by atoms with Gasteiger partial charge in [0.15, 0.2) is 0 Å². The summed E-state index contributed by atoms with van der Waals surface area (Å²) in [6.45, 7) is 3.78. The van der Waals surface area contributed by atoms with Crippen molar-refractivity contribution in [2.24, 2.45) is 0 Å². The third-order valence-electron chi connectivity index (χ3n) is 11.1. The molecule has 1 fully saturated rings. The Balaban J connectivity index is 0.859. The molecule has 0 atom stereocenters. The van der Waals surface area contributed by atoms with E-state index in [1.807, 2.05) is 12.1 Å². The molecule has 0 aliphatic carbocycles. The van der Waals surface area contributed by atoms with E-state index in [0.717, 1.165) is 17.2 Å². The van der Waals surface area contributed by atoms with Gasteiger partial charge < -0.3 is 55.2 Å². The second kappa shape index (κ2) is 26.3. The van der Waals surface area contributed by atoms with Crippen LogP contribution < -0.4 is 32.1 Å². The number of nitrogens with two attached hydrogens (primary N) is 1. The topological polar surface area (TPSA) is 231 Å². The Morgan fingerprint density at radius 1 is 0.671 bits per heavy atom. The molecule has 70 heavy (non-hydrogen) atoms. The second-order valence-corrected chi connectivity index (χ2v) is 16.0. The molecule has 0 unspecified atom stereocenters. The van der Waals surface area contributed by atoms with Gasteiger partial charge >= 0.3 is 6.18 Å². The molecule has 1 aliphatic heterocycles. The zero-order valence-electron chi connectivity index (χ0n) is 38.9. The number of nitrogens with one attached hydrogen (secondary N) is 3. The van der Waals surface area contributed by atoms with Crippen molar-refractivity contribution in [2.45, 2.75) is 25.4 Å². The number of nitrogen functional groups attached to an aromatic ring is 1. The molecule has 0 saturated carbocycles. The van der Waals surface area contributed by atoms with Crippen LogP contribution in [0.25, 0.3) is 38.6 Å². The van der Waals surface area contributed by atoms with Crippen LogP contribution in [0.2, 0.25) is 0 Å². The molecule has 22 heteroatoms. The summed E-state index contributed by atoms with van der Waals surface area (Å²) in [5.74, 6) is -0.676. The number of fused-ring (bicyclic) bond motifs is 3. The van der Waals surface area contributed by atoms with Crippen molar-refractivity contribution in [3.8, 4) is 16.8 Å². The molecule has 19 nitrogen and oxygen atoms in total. The molecule has 1 aliphatic rings. The smallest absolute Gasteiger partial charge is 0.384 e. The summed E-state index contributed by atoms with van der Waals surface area (Å²) >= 11 is 0. The summed E-state index contributed by atoms with van der Waals surface area (Å²) in [6.07, 6.45) is -1.39. The van der Waals surface area contributed by atoms with E-state index in [-0.39, 0.29) is 133 Å². The number of aromatic nitrogens is 3. The fourth-order valence-corrected chi connectivity index (χ4v) is 7.62. The number of amides is 4. The van der Waals surface area contributed by atoms with Crippen molar-refractivity contribution < 1.29 is 56.0 Å². The lowest BCUT2D eigenvalue weighted by molar-refractivity contribution is -0.137. The molecule has 5 N–H and O–H groups in total.